The summed E-state index contributed by atoms with van der Waals surface area (Å²) in [5.41, 5.74) is 0.898. The summed E-state index contributed by atoms with van der Waals surface area (Å²) in [6, 6.07) is 4.69. The molecule has 1 aliphatic rings. The van der Waals surface area contributed by atoms with E-state index in [0.29, 0.717) is 6.54 Å². The molecule has 20 heavy (non-hydrogen) atoms. The van der Waals surface area contributed by atoms with Gasteiger partial charge in [0.25, 0.3) is 0 Å². The highest BCUT2D eigenvalue weighted by Gasteiger charge is 2.20. The van der Waals surface area contributed by atoms with Crippen LogP contribution in [0.2, 0.25) is 5.02 Å². The third-order valence-corrected chi connectivity index (χ3v) is 3.29. The average molecular weight is 412 g/mol. The molecular formula is C14H20ClFIN3. The van der Waals surface area contributed by atoms with Gasteiger partial charge in [0.1, 0.15) is 5.82 Å². The van der Waals surface area contributed by atoms with Crippen LogP contribution in [0.3, 0.4) is 0 Å². The van der Waals surface area contributed by atoms with Crippen molar-refractivity contribution in [3.8, 4) is 0 Å². The molecule has 3 nitrogen and oxygen atoms in total. The Balaban J connectivity index is 0.00000200. The highest BCUT2D eigenvalue weighted by Crippen LogP contribution is 2.27. The second kappa shape index (κ2) is 8.67. The lowest BCUT2D eigenvalue weighted by Crippen LogP contribution is -2.38. The normalized spacial score (nSPS) is 14.7. The van der Waals surface area contributed by atoms with Crippen LogP contribution < -0.4 is 10.6 Å². The van der Waals surface area contributed by atoms with E-state index >= 15 is 0 Å². The Labute approximate surface area is 141 Å². The van der Waals surface area contributed by atoms with Crippen LogP contribution in [0.1, 0.15) is 25.3 Å². The molecule has 0 atom stereocenters. The zero-order chi connectivity index (χ0) is 13.7. The third kappa shape index (κ3) is 5.83. The van der Waals surface area contributed by atoms with E-state index in [-0.39, 0.29) is 29.0 Å². The summed E-state index contributed by atoms with van der Waals surface area (Å²) in [6.45, 7) is 4.31. The minimum Gasteiger partial charge on any atom is -0.357 e. The summed E-state index contributed by atoms with van der Waals surface area (Å²) in [5, 5.41) is 6.65. The van der Waals surface area contributed by atoms with Gasteiger partial charge in [-0.1, -0.05) is 17.7 Å². The van der Waals surface area contributed by atoms with Crippen LogP contribution in [0.5, 0.6) is 0 Å². The fraction of sp³-hybridized carbons (Fsp3) is 0.500. The fourth-order valence-corrected chi connectivity index (χ4v) is 1.92. The topological polar surface area (TPSA) is 36.4 Å². The highest BCUT2D eigenvalue weighted by atomic mass is 127. The summed E-state index contributed by atoms with van der Waals surface area (Å²) in [6.07, 6.45) is 2.61. The number of aliphatic imine (C=N–C) groups is 1. The molecule has 0 radical (unpaired) electrons. The minimum atomic E-state index is -0.395. The van der Waals surface area contributed by atoms with Crippen LogP contribution in [0, 0.1) is 11.7 Å². The number of guanidine groups is 1. The molecular weight excluding hydrogens is 392 g/mol. The first-order chi connectivity index (χ1) is 9.19. The van der Waals surface area contributed by atoms with Crippen molar-refractivity contribution in [3.63, 3.8) is 0 Å². The van der Waals surface area contributed by atoms with Gasteiger partial charge in [0.05, 0.1) is 11.6 Å². The van der Waals surface area contributed by atoms with E-state index in [9.17, 15) is 4.39 Å². The zero-order valence-corrected chi connectivity index (χ0v) is 14.5. The summed E-state index contributed by atoms with van der Waals surface area (Å²) < 4.78 is 13.0. The predicted octanol–water partition coefficient (Wildman–Crippen LogP) is 3.56. The van der Waals surface area contributed by atoms with E-state index in [1.54, 1.807) is 12.1 Å². The molecule has 0 aliphatic heterocycles. The monoisotopic (exact) mass is 411 g/mol. The van der Waals surface area contributed by atoms with Crippen LogP contribution in [0.4, 0.5) is 4.39 Å². The highest BCUT2D eigenvalue weighted by molar-refractivity contribution is 14.0. The van der Waals surface area contributed by atoms with E-state index in [2.05, 4.69) is 15.6 Å². The smallest absolute Gasteiger partial charge is 0.191 e. The van der Waals surface area contributed by atoms with Crippen LogP contribution in [-0.4, -0.2) is 19.0 Å². The van der Waals surface area contributed by atoms with E-state index in [1.807, 2.05) is 6.92 Å². The average Bonchev–Trinajstić information content (AvgIpc) is 3.21. The van der Waals surface area contributed by atoms with Crippen molar-refractivity contribution in [2.24, 2.45) is 10.9 Å². The maximum atomic E-state index is 13.0. The van der Waals surface area contributed by atoms with Crippen molar-refractivity contribution in [3.05, 3.63) is 34.6 Å². The van der Waals surface area contributed by atoms with E-state index in [0.717, 1.165) is 30.5 Å². The number of nitrogens with zero attached hydrogens (tertiary/aromatic N) is 1. The number of hydrogen-bond acceptors (Lipinski definition) is 1. The maximum Gasteiger partial charge on any atom is 0.191 e. The van der Waals surface area contributed by atoms with Gasteiger partial charge in [0.2, 0.25) is 0 Å². The van der Waals surface area contributed by atoms with Crippen LogP contribution in [-0.2, 0) is 6.54 Å². The molecule has 1 saturated carbocycles. The van der Waals surface area contributed by atoms with E-state index in [4.69, 9.17) is 11.6 Å². The molecule has 0 bridgehead atoms. The lowest BCUT2D eigenvalue weighted by atomic mass is 10.2. The Morgan fingerprint density at radius 2 is 2.15 bits per heavy atom. The molecule has 2 rings (SSSR count). The van der Waals surface area contributed by atoms with Gasteiger partial charge in [0.15, 0.2) is 5.96 Å². The third-order valence-electron chi connectivity index (χ3n) is 3.00. The van der Waals surface area contributed by atoms with Crippen molar-refractivity contribution in [1.29, 1.82) is 0 Å². The molecule has 1 aromatic carbocycles. The molecule has 1 aromatic rings. The van der Waals surface area contributed by atoms with Crippen molar-refractivity contribution in [2.45, 2.75) is 26.3 Å². The van der Waals surface area contributed by atoms with Gasteiger partial charge in [-0.25, -0.2) is 9.38 Å². The Hall–Kier alpha value is -0.560. The Bertz CT molecular complexity index is 464. The molecule has 0 aromatic heterocycles. The van der Waals surface area contributed by atoms with Crippen molar-refractivity contribution in [1.82, 2.24) is 10.6 Å². The second-order valence-electron chi connectivity index (χ2n) is 4.77. The number of rotatable bonds is 5. The summed E-state index contributed by atoms with van der Waals surface area (Å²) in [4.78, 5) is 4.47. The van der Waals surface area contributed by atoms with Crippen LogP contribution in [0.15, 0.2) is 23.2 Å². The number of benzene rings is 1. The summed E-state index contributed by atoms with van der Waals surface area (Å²) in [5.74, 6) is 1.20. The van der Waals surface area contributed by atoms with E-state index in [1.165, 1.54) is 18.9 Å². The minimum absolute atomic E-state index is 0. The van der Waals surface area contributed by atoms with Gasteiger partial charge in [-0.3, -0.25) is 0 Å². The number of nitrogens with one attached hydrogen (secondary N) is 2. The standard InChI is InChI=1S/C14H19ClFN3.HI/c1-2-17-14(18-8-10-3-4-10)19-9-11-5-6-13(16)12(15)7-11;/h5-7,10H,2-4,8-9H2,1H3,(H2,17,18,19);1H. The SMILES string of the molecule is CCNC(=NCc1ccc(F)c(Cl)c1)NCC1CC1.I. The lowest BCUT2D eigenvalue weighted by molar-refractivity contribution is 0.627. The van der Waals surface area contributed by atoms with Gasteiger partial charge in [-0.15, -0.1) is 24.0 Å². The predicted molar refractivity (Wildman–Crippen MR) is 92.4 cm³/mol. The van der Waals surface area contributed by atoms with Gasteiger partial charge in [-0.05, 0) is 43.4 Å². The molecule has 2 N–H and O–H groups in total. The van der Waals surface area contributed by atoms with Gasteiger partial charge < -0.3 is 10.6 Å². The fourth-order valence-electron chi connectivity index (χ4n) is 1.71. The lowest BCUT2D eigenvalue weighted by Gasteiger charge is -2.10. The molecule has 112 valence electrons. The van der Waals surface area contributed by atoms with Crippen molar-refractivity contribution < 1.29 is 4.39 Å². The van der Waals surface area contributed by atoms with Crippen molar-refractivity contribution in [2.75, 3.05) is 13.1 Å². The molecule has 0 amide bonds. The molecule has 0 saturated heterocycles. The first kappa shape index (κ1) is 17.5. The first-order valence-corrected chi connectivity index (χ1v) is 7.03. The largest absolute Gasteiger partial charge is 0.357 e. The zero-order valence-electron chi connectivity index (χ0n) is 11.5. The number of halogens is 3. The molecule has 0 heterocycles. The first-order valence-electron chi connectivity index (χ1n) is 6.65. The molecule has 6 heteroatoms. The quantitative estimate of drug-likeness (QED) is 0.441. The van der Waals surface area contributed by atoms with Gasteiger partial charge >= 0.3 is 0 Å². The molecule has 1 fully saturated rings. The molecule has 1 aliphatic carbocycles. The van der Waals surface area contributed by atoms with Crippen molar-refractivity contribution >= 4 is 41.5 Å². The maximum absolute atomic E-state index is 13.0. The molecule has 0 unspecified atom stereocenters. The Morgan fingerprint density at radius 1 is 1.40 bits per heavy atom. The number of hydrogen-bond donors (Lipinski definition) is 2. The van der Waals surface area contributed by atoms with Crippen LogP contribution >= 0.6 is 35.6 Å². The summed E-state index contributed by atoms with van der Waals surface area (Å²) in [7, 11) is 0. The molecule has 0 spiro atoms. The van der Waals surface area contributed by atoms with Gasteiger partial charge in [0, 0.05) is 13.1 Å². The Kier molecular flexibility index (Phi) is 7.58. The Morgan fingerprint density at radius 3 is 2.75 bits per heavy atom. The second-order valence-corrected chi connectivity index (χ2v) is 5.18. The van der Waals surface area contributed by atoms with Gasteiger partial charge in [-0.2, -0.15) is 0 Å². The summed E-state index contributed by atoms with van der Waals surface area (Å²) >= 11 is 5.75. The van der Waals surface area contributed by atoms with Crippen LogP contribution in [0.25, 0.3) is 0 Å². The van der Waals surface area contributed by atoms with E-state index < -0.39 is 5.82 Å².